The number of fused-ring (bicyclic) bond motifs is 1. The first-order valence-corrected chi connectivity index (χ1v) is 11.8. The Kier molecular flexibility index (Phi) is 4.40. The summed E-state index contributed by atoms with van der Waals surface area (Å²) in [6.07, 6.45) is 2.15. The third-order valence-corrected chi connectivity index (χ3v) is 7.42. The number of carbonyl (C=O) groups is 1. The lowest BCUT2D eigenvalue weighted by atomic mass is 10.1. The highest BCUT2D eigenvalue weighted by Gasteiger charge is 2.29. The van der Waals surface area contributed by atoms with Gasteiger partial charge in [0.2, 0.25) is 10.0 Å². The molecule has 9 heteroatoms. The Morgan fingerprint density at radius 1 is 1.00 bits per heavy atom. The van der Waals surface area contributed by atoms with E-state index in [4.69, 9.17) is 9.56 Å². The van der Waals surface area contributed by atoms with Crippen molar-refractivity contribution in [3.05, 3.63) is 59.9 Å². The van der Waals surface area contributed by atoms with Crippen LogP contribution < -0.4 is 5.14 Å². The SMILES string of the molecule is NS(=O)(=O)c1ccccc1S(=O)(=O)CC(=O)c1ccc2oc(C3CC3)cc2c1. The monoisotopic (exact) mass is 419 g/mol. The van der Waals surface area contributed by atoms with Gasteiger partial charge in [0.1, 0.15) is 22.0 Å². The van der Waals surface area contributed by atoms with Crippen molar-refractivity contribution >= 4 is 36.6 Å². The van der Waals surface area contributed by atoms with Crippen LogP contribution in [-0.4, -0.2) is 28.4 Å². The lowest BCUT2D eigenvalue weighted by molar-refractivity contribution is 0.102. The maximum Gasteiger partial charge on any atom is 0.239 e. The van der Waals surface area contributed by atoms with Crippen LogP contribution in [0.5, 0.6) is 0 Å². The molecule has 3 aromatic rings. The van der Waals surface area contributed by atoms with Crippen LogP contribution in [0, 0.1) is 0 Å². The standard InChI is InChI=1S/C19H17NO6S2/c20-28(24,25)19-4-2-1-3-18(19)27(22,23)11-15(21)13-7-8-16-14(9-13)10-17(26-16)12-5-6-12/h1-4,7-10,12H,5-6,11H2,(H2,20,24,25). The summed E-state index contributed by atoms with van der Waals surface area (Å²) in [5.74, 6) is -0.213. The Morgan fingerprint density at radius 2 is 1.68 bits per heavy atom. The van der Waals surface area contributed by atoms with Crippen LogP contribution in [0.1, 0.15) is 34.9 Å². The minimum absolute atomic E-state index is 0.215. The van der Waals surface area contributed by atoms with Gasteiger partial charge in [-0.05, 0) is 49.2 Å². The zero-order chi connectivity index (χ0) is 20.1. The molecular weight excluding hydrogens is 402 g/mol. The molecule has 0 radical (unpaired) electrons. The molecule has 1 aliphatic rings. The number of hydrogen-bond acceptors (Lipinski definition) is 6. The van der Waals surface area contributed by atoms with E-state index in [-0.39, 0.29) is 5.56 Å². The van der Waals surface area contributed by atoms with E-state index in [1.54, 1.807) is 12.1 Å². The van der Waals surface area contributed by atoms with Gasteiger partial charge in [-0.1, -0.05) is 12.1 Å². The minimum Gasteiger partial charge on any atom is -0.461 e. The summed E-state index contributed by atoms with van der Waals surface area (Å²) in [5.41, 5.74) is 0.855. The van der Waals surface area contributed by atoms with Gasteiger partial charge in [0.25, 0.3) is 0 Å². The second kappa shape index (κ2) is 6.54. The van der Waals surface area contributed by atoms with Crippen molar-refractivity contribution in [3.8, 4) is 0 Å². The number of sulfone groups is 1. The summed E-state index contributed by atoms with van der Waals surface area (Å²) < 4.78 is 54.5. The summed E-state index contributed by atoms with van der Waals surface area (Å²) in [6, 6.07) is 11.6. The molecule has 0 bridgehead atoms. The quantitative estimate of drug-likeness (QED) is 0.612. The second-order valence-electron chi connectivity index (χ2n) is 6.85. The average Bonchev–Trinajstić information content (AvgIpc) is 3.39. The number of Topliss-reactive ketones (excluding diaryl/α,β-unsaturated/α-hetero) is 1. The number of benzene rings is 2. The smallest absolute Gasteiger partial charge is 0.239 e. The molecule has 1 aromatic heterocycles. The molecule has 0 amide bonds. The molecule has 2 N–H and O–H groups in total. The van der Waals surface area contributed by atoms with E-state index < -0.39 is 41.2 Å². The highest BCUT2D eigenvalue weighted by Crippen LogP contribution is 2.42. The summed E-state index contributed by atoms with van der Waals surface area (Å²) >= 11 is 0. The Labute approximate surface area is 162 Å². The third kappa shape index (κ3) is 3.60. The Morgan fingerprint density at radius 3 is 2.32 bits per heavy atom. The van der Waals surface area contributed by atoms with Gasteiger partial charge >= 0.3 is 0 Å². The molecule has 1 saturated carbocycles. The van der Waals surface area contributed by atoms with Gasteiger partial charge in [0.15, 0.2) is 15.6 Å². The fraction of sp³-hybridized carbons (Fsp3) is 0.211. The van der Waals surface area contributed by atoms with Gasteiger partial charge in [-0.3, -0.25) is 4.79 Å². The number of nitrogens with two attached hydrogens (primary N) is 1. The Bertz CT molecular complexity index is 1300. The second-order valence-corrected chi connectivity index (χ2v) is 10.3. The first kappa shape index (κ1) is 18.9. The van der Waals surface area contributed by atoms with Crippen LogP contribution >= 0.6 is 0 Å². The highest BCUT2D eigenvalue weighted by molar-refractivity contribution is 7.94. The van der Waals surface area contributed by atoms with Crippen LogP contribution in [0.2, 0.25) is 0 Å². The number of furan rings is 1. The molecule has 0 saturated heterocycles. The summed E-state index contributed by atoms with van der Waals surface area (Å²) in [6.45, 7) is 0. The van der Waals surface area contributed by atoms with E-state index >= 15 is 0 Å². The number of carbonyl (C=O) groups excluding carboxylic acids is 1. The molecule has 1 fully saturated rings. The summed E-state index contributed by atoms with van der Waals surface area (Å²) in [4.78, 5) is 11.6. The Hall–Kier alpha value is -2.49. The minimum atomic E-state index is -4.25. The molecule has 146 valence electrons. The van der Waals surface area contributed by atoms with Crippen molar-refractivity contribution in [2.45, 2.75) is 28.6 Å². The normalized spacial score (nSPS) is 15.0. The molecule has 4 rings (SSSR count). The van der Waals surface area contributed by atoms with Gasteiger partial charge in [-0.25, -0.2) is 22.0 Å². The van der Waals surface area contributed by atoms with Crippen molar-refractivity contribution in [1.82, 2.24) is 0 Å². The third-order valence-electron chi connectivity index (χ3n) is 4.65. The van der Waals surface area contributed by atoms with E-state index in [9.17, 15) is 21.6 Å². The number of rotatable bonds is 6. The van der Waals surface area contributed by atoms with Gasteiger partial charge in [0, 0.05) is 16.9 Å². The molecule has 0 atom stereocenters. The zero-order valence-corrected chi connectivity index (χ0v) is 16.3. The predicted molar refractivity (Wildman–Crippen MR) is 102 cm³/mol. The first-order chi connectivity index (χ1) is 13.1. The molecular formula is C19H17NO6S2. The molecule has 28 heavy (non-hydrogen) atoms. The molecule has 7 nitrogen and oxygen atoms in total. The van der Waals surface area contributed by atoms with Gasteiger partial charge in [-0.2, -0.15) is 0 Å². The lowest BCUT2D eigenvalue weighted by Crippen LogP contribution is -2.21. The van der Waals surface area contributed by atoms with Crippen LogP contribution in [-0.2, 0) is 19.9 Å². The van der Waals surface area contributed by atoms with Crippen molar-refractivity contribution < 1.29 is 26.0 Å². The fourth-order valence-corrected chi connectivity index (χ4v) is 5.76. The molecule has 0 unspecified atom stereocenters. The molecule has 1 heterocycles. The molecule has 2 aromatic carbocycles. The largest absolute Gasteiger partial charge is 0.461 e. The van der Waals surface area contributed by atoms with Gasteiger partial charge < -0.3 is 4.42 Å². The number of sulfonamides is 1. The van der Waals surface area contributed by atoms with Crippen LogP contribution in [0.15, 0.2) is 62.7 Å². The van der Waals surface area contributed by atoms with Crippen molar-refractivity contribution in [1.29, 1.82) is 0 Å². The molecule has 0 aliphatic heterocycles. The van der Waals surface area contributed by atoms with Crippen LogP contribution in [0.3, 0.4) is 0 Å². The van der Waals surface area contributed by atoms with Crippen LogP contribution in [0.25, 0.3) is 11.0 Å². The number of primary sulfonamides is 1. The van der Waals surface area contributed by atoms with Crippen LogP contribution in [0.4, 0.5) is 0 Å². The van der Waals surface area contributed by atoms with E-state index in [1.165, 1.54) is 18.2 Å². The fourth-order valence-electron chi connectivity index (χ4n) is 3.08. The maximum absolute atomic E-state index is 12.7. The topological polar surface area (TPSA) is 125 Å². The van der Waals surface area contributed by atoms with E-state index in [0.717, 1.165) is 36.1 Å². The van der Waals surface area contributed by atoms with Crippen molar-refractivity contribution in [3.63, 3.8) is 0 Å². The van der Waals surface area contributed by atoms with Crippen molar-refractivity contribution in [2.75, 3.05) is 5.75 Å². The highest BCUT2D eigenvalue weighted by atomic mass is 32.2. The van der Waals surface area contributed by atoms with E-state index in [2.05, 4.69) is 0 Å². The predicted octanol–water partition coefficient (Wildman–Crippen LogP) is 2.61. The van der Waals surface area contributed by atoms with E-state index in [1.807, 2.05) is 6.07 Å². The molecule has 1 aliphatic carbocycles. The maximum atomic E-state index is 12.7. The zero-order valence-electron chi connectivity index (χ0n) is 14.7. The van der Waals surface area contributed by atoms with Gasteiger partial charge in [-0.15, -0.1) is 0 Å². The van der Waals surface area contributed by atoms with E-state index in [0.29, 0.717) is 11.5 Å². The average molecular weight is 419 g/mol. The van der Waals surface area contributed by atoms with Crippen molar-refractivity contribution in [2.24, 2.45) is 5.14 Å². The first-order valence-electron chi connectivity index (χ1n) is 8.56. The summed E-state index contributed by atoms with van der Waals surface area (Å²) in [5, 5.41) is 5.83. The van der Waals surface area contributed by atoms with Gasteiger partial charge in [0.05, 0.1) is 4.90 Å². The lowest BCUT2D eigenvalue weighted by Gasteiger charge is -2.08. The Balaban J connectivity index is 1.65. The molecule has 0 spiro atoms. The number of hydrogen-bond donors (Lipinski definition) is 1. The summed E-state index contributed by atoms with van der Waals surface area (Å²) in [7, 11) is -8.45. The number of ketones is 1.